The van der Waals surface area contributed by atoms with Crippen molar-refractivity contribution in [3.8, 4) is 0 Å². The van der Waals surface area contributed by atoms with Crippen LogP contribution in [0.4, 0.5) is 24.5 Å². The Hall–Kier alpha value is -2.59. The van der Waals surface area contributed by atoms with Crippen LogP contribution in [0.1, 0.15) is 17.3 Å². The second-order valence-corrected chi connectivity index (χ2v) is 7.75. The molecule has 0 radical (unpaired) electrons. The molecule has 0 aliphatic rings. The Balaban J connectivity index is 2.04. The standard InChI is InChI=1S/C18H20F3N3O3S/c1-3-24(2)15-8-4-13(5-9-15)17(25)23-14-6-10-16(11-7-14)28(26,27)22-12-18(19,20)21/h4-11,22H,3,12H2,1-2H3,(H,23,25). The van der Waals surface area contributed by atoms with Crippen molar-refractivity contribution in [3.63, 3.8) is 0 Å². The Bertz CT molecular complexity index is 912. The first-order chi connectivity index (χ1) is 13.0. The molecule has 6 nitrogen and oxygen atoms in total. The SMILES string of the molecule is CCN(C)c1ccc(C(=O)Nc2ccc(S(=O)(=O)NCC(F)(F)F)cc2)cc1. The summed E-state index contributed by atoms with van der Waals surface area (Å²) in [5.74, 6) is -0.392. The Morgan fingerprint density at radius 3 is 2.11 bits per heavy atom. The third kappa shape index (κ3) is 5.96. The normalized spacial score (nSPS) is 11.9. The molecule has 0 aromatic heterocycles. The summed E-state index contributed by atoms with van der Waals surface area (Å²) >= 11 is 0. The molecule has 2 aromatic rings. The number of sulfonamides is 1. The third-order valence-electron chi connectivity index (χ3n) is 3.93. The fourth-order valence-electron chi connectivity index (χ4n) is 2.23. The molecule has 2 aromatic carbocycles. The van der Waals surface area contributed by atoms with E-state index in [1.807, 2.05) is 18.9 Å². The molecule has 0 bridgehead atoms. The molecule has 0 spiro atoms. The first-order valence-corrected chi connectivity index (χ1v) is 9.79. The number of alkyl halides is 3. The highest BCUT2D eigenvalue weighted by molar-refractivity contribution is 7.89. The van der Waals surface area contributed by atoms with E-state index in [2.05, 4.69) is 5.32 Å². The molecule has 152 valence electrons. The van der Waals surface area contributed by atoms with Crippen LogP contribution < -0.4 is 14.9 Å². The van der Waals surface area contributed by atoms with Gasteiger partial charge in [-0.15, -0.1) is 0 Å². The fourth-order valence-corrected chi connectivity index (χ4v) is 3.25. The molecule has 0 aliphatic carbocycles. The summed E-state index contributed by atoms with van der Waals surface area (Å²) in [7, 11) is -2.37. The van der Waals surface area contributed by atoms with Crippen LogP contribution in [0.2, 0.25) is 0 Å². The van der Waals surface area contributed by atoms with Gasteiger partial charge in [-0.2, -0.15) is 13.2 Å². The van der Waals surface area contributed by atoms with Crippen molar-refractivity contribution in [1.29, 1.82) is 0 Å². The van der Waals surface area contributed by atoms with Crippen molar-refractivity contribution < 1.29 is 26.4 Å². The molecule has 0 fully saturated rings. The predicted octanol–water partition coefficient (Wildman–Crippen LogP) is 3.24. The van der Waals surface area contributed by atoms with Crippen molar-refractivity contribution in [1.82, 2.24) is 4.72 Å². The fraction of sp³-hybridized carbons (Fsp3) is 0.278. The smallest absolute Gasteiger partial charge is 0.375 e. The number of amides is 1. The van der Waals surface area contributed by atoms with Crippen LogP contribution in [0.15, 0.2) is 53.4 Å². The lowest BCUT2D eigenvalue weighted by atomic mass is 10.2. The summed E-state index contributed by atoms with van der Waals surface area (Å²) in [5.41, 5.74) is 1.69. The van der Waals surface area contributed by atoms with Gasteiger partial charge in [0, 0.05) is 30.5 Å². The van der Waals surface area contributed by atoms with E-state index in [1.54, 1.807) is 24.3 Å². The molecule has 0 saturated heterocycles. The number of carbonyl (C=O) groups is 1. The van der Waals surface area contributed by atoms with Crippen molar-refractivity contribution in [2.24, 2.45) is 0 Å². The summed E-state index contributed by atoms with van der Waals surface area (Å²) in [6.07, 6.45) is -4.65. The van der Waals surface area contributed by atoms with Crippen LogP contribution in [-0.4, -0.2) is 40.6 Å². The highest BCUT2D eigenvalue weighted by Crippen LogP contribution is 2.18. The topological polar surface area (TPSA) is 78.5 Å². The molecule has 0 saturated carbocycles. The maximum atomic E-state index is 12.3. The van der Waals surface area contributed by atoms with Crippen molar-refractivity contribution in [3.05, 3.63) is 54.1 Å². The third-order valence-corrected chi connectivity index (χ3v) is 5.35. The van der Waals surface area contributed by atoms with Crippen LogP contribution >= 0.6 is 0 Å². The summed E-state index contributed by atoms with van der Waals surface area (Å²) in [4.78, 5) is 14.0. The van der Waals surface area contributed by atoms with Crippen LogP contribution in [0.3, 0.4) is 0 Å². The lowest BCUT2D eigenvalue weighted by Crippen LogP contribution is -2.33. The number of nitrogens with one attached hydrogen (secondary N) is 2. The average Bonchev–Trinajstić information content (AvgIpc) is 2.66. The molecule has 10 heteroatoms. The maximum absolute atomic E-state index is 12.3. The molecule has 0 atom stereocenters. The van der Waals surface area contributed by atoms with Crippen LogP contribution in [0, 0.1) is 0 Å². The molecule has 2 rings (SSSR count). The van der Waals surface area contributed by atoms with E-state index in [1.165, 1.54) is 16.9 Å². The number of nitrogens with zero attached hydrogens (tertiary/aromatic N) is 1. The monoisotopic (exact) mass is 415 g/mol. The van der Waals surface area contributed by atoms with Gasteiger partial charge in [0.1, 0.15) is 6.54 Å². The van der Waals surface area contributed by atoms with Crippen LogP contribution in [0.25, 0.3) is 0 Å². The van der Waals surface area contributed by atoms with Crippen LogP contribution in [0.5, 0.6) is 0 Å². The minimum absolute atomic E-state index is 0.314. The molecular weight excluding hydrogens is 395 g/mol. The largest absolute Gasteiger partial charge is 0.402 e. The number of rotatable bonds is 7. The summed E-state index contributed by atoms with van der Waals surface area (Å²) in [5, 5.41) is 2.61. The molecule has 0 heterocycles. The Labute approximate surface area is 161 Å². The van der Waals surface area contributed by atoms with Gasteiger partial charge in [0.15, 0.2) is 0 Å². The van der Waals surface area contributed by atoms with Gasteiger partial charge < -0.3 is 10.2 Å². The van der Waals surface area contributed by atoms with Gasteiger partial charge in [0.05, 0.1) is 4.90 Å². The Kier molecular flexibility index (Phi) is 6.68. The van der Waals surface area contributed by atoms with Crippen molar-refractivity contribution in [2.75, 3.05) is 30.4 Å². The Morgan fingerprint density at radius 1 is 1.04 bits per heavy atom. The summed E-state index contributed by atoms with van der Waals surface area (Å²) in [6.45, 7) is 1.17. The highest BCUT2D eigenvalue weighted by Gasteiger charge is 2.30. The number of benzene rings is 2. The van der Waals surface area contributed by atoms with E-state index < -0.39 is 28.7 Å². The Morgan fingerprint density at radius 2 is 1.61 bits per heavy atom. The zero-order valence-corrected chi connectivity index (χ0v) is 16.1. The highest BCUT2D eigenvalue weighted by atomic mass is 32.2. The van der Waals surface area contributed by atoms with E-state index in [-0.39, 0.29) is 4.90 Å². The molecular formula is C18H20F3N3O3S. The number of halogens is 3. The minimum atomic E-state index is -4.65. The first-order valence-electron chi connectivity index (χ1n) is 8.31. The average molecular weight is 415 g/mol. The van der Waals surface area contributed by atoms with E-state index >= 15 is 0 Å². The van der Waals surface area contributed by atoms with E-state index in [9.17, 15) is 26.4 Å². The van der Waals surface area contributed by atoms with Gasteiger partial charge in [-0.25, -0.2) is 13.1 Å². The maximum Gasteiger partial charge on any atom is 0.402 e. The molecule has 0 aliphatic heterocycles. The molecule has 2 N–H and O–H groups in total. The molecule has 28 heavy (non-hydrogen) atoms. The number of carbonyl (C=O) groups excluding carboxylic acids is 1. The zero-order valence-electron chi connectivity index (χ0n) is 15.2. The van der Waals surface area contributed by atoms with Gasteiger partial charge in [-0.1, -0.05) is 0 Å². The van der Waals surface area contributed by atoms with E-state index in [0.29, 0.717) is 11.3 Å². The number of anilines is 2. The quantitative estimate of drug-likeness (QED) is 0.728. The van der Waals surface area contributed by atoms with Gasteiger partial charge >= 0.3 is 6.18 Å². The minimum Gasteiger partial charge on any atom is -0.375 e. The van der Waals surface area contributed by atoms with Gasteiger partial charge in [-0.05, 0) is 55.5 Å². The lowest BCUT2D eigenvalue weighted by Gasteiger charge is -2.16. The lowest BCUT2D eigenvalue weighted by molar-refractivity contribution is -0.121. The molecule has 1 amide bonds. The second kappa shape index (κ2) is 8.61. The second-order valence-electron chi connectivity index (χ2n) is 5.98. The first kappa shape index (κ1) is 21.7. The zero-order chi connectivity index (χ0) is 20.9. The van der Waals surface area contributed by atoms with E-state index in [4.69, 9.17) is 0 Å². The molecule has 0 unspecified atom stereocenters. The van der Waals surface area contributed by atoms with Crippen LogP contribution in [-0.2, 0) is 10.0 Å². The predicted molar refractivity (Wildman–Crippen MR) is 101 cm³/mol. The van der Waals surface area contributed by atoms with Gasteiger partial charge in [0.2, 0.25) is 10.0 Å². The van der Waals surface area contributed by atoms with Crippen molar-refractivity contribution in [2.45, 2.75) is 18.0 Å². The van der Waals surface area contributed by atoms with Gasteiger partial charge in [0.25, 0.3) is 5.91 Å². The van der Waals surface area contributed by atoms with Gasteiger partial charge in [-0.3, -0.25) is 4.79 Å². The number of hydrogen-bond donors (Lipinski definition) is 2. The number of hydrogen-bond acceptors (Lipinski definition) is 4. The summed E-state index contributed by atoms with van der Waals surface area (Å²) < 4.78 is 61.7. The summed E-state index contributed by atoms with van der Waals surface area (Å²) in [6, 6.07) is 11.8. The van der Waals surface area contributed by atoms with E-state index in [0.717, 1.165) is 24.4 Å². The van der Waals surface area contributed by atoms with Crippen molar-refractivity contribution >= 4 is 27.3 Å².